The highest BCUT2D eigenvalue weighted by Crippen LogP contribution is 2.27. The number of hydrogen-bond donors (Lipinski definition) is 0. The molecule has 0 saturated heterocycles. The van der Waals surface area contributed by atoms with Crippen molar-refractivity contribution in [2.24, 2.45) is 4.99 Å². The number of aliphatic imine (C=N–C) groups is 1. The van der Waals surface area contributed by atoms with Crippen molar-refractivity contribution in [3.8, 4) is 5.69 Å². The van der Waals surface area contributed by atoms with Gasteiger partial charge in [-0.3, -0.25) is 9.56 Å². The van der Waals surface area contributed by atoms with Gasteiger partial charge in [0.05, 0.1) is 16.7 Å². The second-order valence-electron chi connectivity index (χ2n) is 6.82. The fraction of sp³-hybridized carbons (Fsp3) is 0.0833. The molecule has 0 bridgehead atoms. The summed E-state index contributed by atoms with van der Waals surface area (Å²) in [4.78, 5) is 8.43. The molecule has 0 saturated carbocycles. The predicted molar refractivity (Wildman–Crippen MR) is 119 cm³/mol. The van der Waals surface area contributed by atoms with Gasteiger partial charge < -0.3 is 0 Å². The van der Waals surface area contributed by atoms with Gasteiger partial charge in [0.1, 0.15) is 18.0 Å². The van der Waals surface area contributed by atoms with E-state index in [0.29, 0.717) is 11.4 Å². The monoisotopic (exact) mass is 421 g/mol. The lowest BCUT2D eigenvalue weighted by atomic mass is 9.97. The molecule has 0 atom stereocenters. The zero-order valence-electron chi connectivity index (χ0n) is 16.2. The van der Waals surface area contributed by atoms with Crippen molar-refractivity contribution in [1.29, 1.82) is 0 Å². The van der Waals surface area contributed by atoms with E-state index in [1.165, 1.54) is 12.1 Å². The summed E-state index contributed by atoms with van der Waals surface area (Å²) < 4.78 is 29.3. The lowest BCUT2D eigenvalue weighted by Crippen LogP contribution is -1.98. The Balaban J connectivity index is 1.79. The second kappa shape index (κ2) is 8.59. The molecule has 0 amide bonds. The summed E-state index contributed by atoms with van der Waals surface area (Å²) in [6.07, 6.45) is 5.91. The number of allylic oxidation sites excluding steroid dienone is 2. The molecular weight excluding hydrogens is 404 g/mol. The number of benzene rings is 3. The van der Waals surface area contributed by atoms with E-state index >= 15 is 0 Å². The van der Waals surface area contributed by atoms with Crippen LogP contribution in [-0.4, -0.2) is 22.8 Å². The summed E-state index contributed by atoms with van der Waals surface area (Å²) in [5, 5.41) is 0.686. The molecule has 1 heterocycles. The van der Waals surface area contributed by atoms with Crippen molar-refractivity contribution in [2.75, 3.05) is 7.05 Å². The summed E-state index contributed by atoms with van der Waals surface area (Å²) in [6.45, 7) is 0. The van der Waals surface area contributed by atoms with Crippen LogP contribution in [0.5, 0.6) is 0 Å². The number of halogens is 3. The van der Waals surface area contributed by atoms with Gasteiger partial charge in [-0.2, -0.15) is 0 Å². The molecule has 3 nitrogen and oxygen atoms in total. The maximum Gasteiger partial charge on any atom is 0.150 e. The predicted octanol–water partition coefficient (Wildman–Crippen LogP) is 6.28. The molecule has 3 aromatic carbocycles. The summed E-state index contributed by atoms with van der Waals surface area (Å²) >= 11 is 6.00. The van der Waals surface area contributed by atoms with E-state index in [2.05, 4.69) is 9.98 Å². The van der Waals surface area contributed by atoms with Crippen molar-refractivity contribution < 1.29 is 8.78 Å². The molecule has 1 aromatic heterocycles. The first-order valence-corrected chi connectivity index (χ1v) is 9.71. The van der Waals surface area contributed by atoms with Crippen LogP contribution in [0.3, 0.4) is 0 Å². The zero-order valence-corrected chi connectivity index (χ0v) is 16.9. The number of rotatable bonds is 5. The molecule has 30 heavy (non-hydrogen) atoms. The molecule has 4 aromatic rings. The van der Waals surface area contributed by atoms with Crippen molar-refractivity contribution >= 4 is 34.4 Å². The van der Waals surface area contributed by atoms with Crippen LogP contribution in [0, 0.1) is 11.6 Å². The molecule has 0 aliphatic carbocycles. The van der Waals surface area contributed by atoms with Gasteiger partial charge in [0.2, 0.25) is 0 Å². The maximum atomic E-state index is 14.4. The van der Waals surface area contributed by atoms with E-state index in [9.17, 15) is 8.78 Å². The second-order valence-corrected chi connectivity index (χ2v) is 7.25. The fourth-order valence-electron chi connectivity index (χ4n) is 3.32. The molecule has 150 valence electrons. The normalized spacial score (nSPS) is 12.2. The van der Waals surface area contributed by atoms with Crippen LogP contribution in [0.2, 0.25) is 5.02 Å². The van der Waals surface area contributed by atoms with E-state index < -0.39 is 11.6 Å². The van der Waals surface area contributed by atoms with Crippen LogP contribution < -0.4 is 0 Å². The molecule has 0 unspecified atom stereocenters. The lowest BCUT2D eigenvalue weighted by Gasteiger charge is -2.10. The first-order valence-electron chi connectivity index (χ1n) is 9.34. The van der Waals surface area contributed by atoms with Crippen molar-refractivity contribution in [3.63, 3.8) is 0 Å². The Morgan fingerprint density at radius 1 is 1.07 bits per heavy atom. The Bertz CT molecular complexity index is 1260. The van der Waals surface area contributed by atoms with Gasteiger partial charge in [-0.25, -0.2) is 13.8 Å². The van der Waals surface area contributed by atoms with E-state index in [1.807, 2.05) is 48.5 Å². The standard InChI is InChI=1S/C24H18ClF2N3/c1-28-11-10-18(12-16-2-5-19(25)6-3-16)17-4-8-22-24(13-17)30(15-29-22)23-9-7-20(26)14-21(23)27/h2-11,13-15H,12H2,1H3/b18-10+,28-11-. The molecule has 0 aliphatic rings. The lowest BCUT2D eigenvalue weighted by molar-refractivity contribution is 0.578. The quantitative estimate of drug-likeness (QED) is 0.348. The summed E-state index contributed by atoms with van der Waals surface area (Å²) in [5.41, 5.74) is 4.80. The largest absolute Gasteiger partial charge is 0.297 e. The molecule has 0 radical (unpaired) electrons. The van der Waals surface area contributed by atoms with Crippen LogP contribution in [0.4, 0.5) is 8.78 Å². The molecule has 0 N–H and O–H groups in total. The molecule has 0 aliphatic heterocycles. The molecule has 4 rings (SSSR count). The smallest absolute Gasteiger partial charge is 0.150 e. The highest BCUT2D eigenvalue weighted by molar-refractivity contribution is 6.30. The Morgan fingerprint density at radius 3 is 2.60 bits per heavy atom. The average Bonchev–Trinajstić information content (AvgIpc) is 3.15. The molecule has 6 heteroatoms. The Morgan fingerprint density at radius 2 is 1.87 bits per heavy atom. The van der Waals surface area contributed by atoms with Crippen molar-refractivity contribution in [2.45, 2.75) is 6.42 Å². The van der Waals surface area contributed by atoms with E-state index in [1.54, 1.807) is 24.2 Å². The molecule has 0 spiro atoms. The van der Waals surface area contributed by atoms with E-state index in [-0.39, 0.29) is 5.69 Å². The third kappa shape index (κ3) is 4.16. The van der Waals surface area contributed by atoms with Crippen LogP contribution in [0.15, 0.2) is 78.1 Å². The van der Waals surface area contributed by atoms with Gasteiger partial charge in [-0.1, -0.05) is 29.8 Å². The van der Waals surface area contributed by atoms with Crippen LogP contribution in [0.1, 0.15) is 11.1 Å². The summed E-state index contributed by atoms with van der Waals surface area (Å²) in [5.74, 6) is -1.26. The van der Waals surface area contributed by atoms with E-state index in [0.717, 1.165) is 33.8 Å². The highest BCUT2D eigenvalue weighted by Gasteiger charge is 2.12. The Hall–Kier alpha value is -3.31. The average molecular weight is 422 g/mol. The summed E-state index contributed by atoms with van der Waals surface area (Å²) in [7, 11) is 1.71. The fourth-order valence-corrected chi connectivity index (χ4v) is 3.45. The minimum atomic E-state index is -0.644. The van der Waals surface area contributed by atoms with Gasteiger partial charge in [0.25, 0.3) is 0 Å². The number of hydrogen-bond acceptors (Lipinski definition) is 2. The van der Waals surface area contributed by atoms with Crippen molar-refractivity contribution in [3.05, 3.63) is 101 Å². The molecule has 0 fully saturated rings. The van der Waals surface area contributed by atoms with Crippen LogP contribution in [0.25, 0.3) is 22.3 Å². The third-order valence-electron chi connectivity index (χ3n) is 4.82. The highest BCUT2D eigenvalue weighted by atomic mass is 35.5. The third-order valence-corrected chi connectivity index (χ3v) is 5.07. The zero-order chi connectivity index (χ0) is 21.1. The first kappa shape index (κ1) is 20.0. The first-order chi connectivity index (χ1) is 14.5. The van der Waals surface area contributed by atoms with Crippen molar-refractivity contribution in [1.82, 2.24) is 9.55 Å². The van der Waals surface area contributed by atoms with Gasteiger partial charge in [0.15, 0.2) is 0 Å². The van der Waals surface area contributed by atoms with Gasteiger partial charge in [0, 0.05) is 24.4 Å². The van der Waals surface area contributed by atoms with Gasteiger partial charge in [-0.15, -0.1) is 0 Å². The number of imidazole rings is 1. The van der Waals surface area contributed by atoms with Gasteiger partial charge >= 0.3 is 0 Å². The topological polar surface area (TPSA) is 30.2 Å². The summed E-state index contributed by atoms with van der Waals surface area (Å²) in [6, 6.07) is 17.0. The minimum Gasteiger partial charge on any atom is -0.297 e. The number of aromatic nitrogens is 2. The number of nitrogens with zero attached hydrogens (tertiary/aromatic N) is 3. The van der Waals surface area contributed by atoms with Gasteiger partial charge in [-0.05, 0) is 65.6 Å². The molecular formula is C24H18ClF2N3. The Labute approximate surface area is 178 Å². The SMILES string of the molecule is C/N=C\C=C(/Cc1ccc(Cl)cc1)c1ccc2ncn(-c3ccc(F)cc3F)c2c1. The number of fused-ring (bicyclic) bond motifs is 1. The van der Waals surface area contributed by atoms with E-state index in [4.69, 9.17) is 11.6 Å². The van der Waals surface area contributed by atoms with Crippen LogP contribution >= 0.6 is 11.6 Å². The van der Waals surface area contributed by atoms with Crippen LogP contribution in [-0.2, 0) is 6.42 Å². The minimum absolute atomic E-state index is 0.245. The Kier molecular flexibility index (Phi) is 5.72. The maximum absolute atomic E-state index is 14.4.